The van der Waals surface area contributed by atoms with Crippen LogP contribution in [0.3, 0.4) is 0 Å². The van der Waals surface area contributed by atoms with Gasteiger partial charge in [-0.2, -0.15) is 0 Å². The second-order valence-electron chi connectivity index (χ2n) is 6.79. The summed E-state index contributed by atoms with van der Waals surface area (Å²) in [5.41, 5.74) is 2.13. The van der Waals surface area contributed by atoms with Crippen molar-refractivity contribution in [3.05, 3.63) is 81.5 Å². The molecule has 0 spiro atoms. The average Bonchev–Trinajstić information content (AvgIpc) is 2.98. The van der Waals surface area contributed by atoms with E-state index in [9.17, 15) is 19.7 Å². The molecule has 0 fully saturated rings. The molecule has 0 aliphatic carbocycles. The molecular formula is C22H23N3O4. The number of benzene rings is 2. The fourth-order valence-electron chi connectivity index (χ4n) is 3.45. The molecule has 0 atom stereocenters. The van der Waals surface area contributed by atoms with Gasteiger partial charge in [0.05, 0.1) is 10.5 Å². The number of carbonyl (C=O) groups is 2. The minimum Gasteiger partial charge on any atom is -0.362 e. The maximum Gasteiger partial charge on any atom is 0.277 e. The van der Waals surface area contributed by atoms with Crippen molar-refractivity contribution in [2.45, 2.75) is 26.8 Å². The Labute approximate surface area is 169 Å². The zero-order valence-corrected chi connectivity index (χ0v) is 16.5. The summed E-state index contributed by atoms with van der Waals surface area (Å²) in [6.07, 6.45) is 0.656. The number of amides is 2. The predicted octanol–water partition coefficient (Wildman–Crippen LogP) is 3.61. The molecule has 0 radical (unpaired) electrons. The van der Waals surface area contributed by atoms with Crippen molar-refractivity contribution in [1.82, 2.24) is 9.80 Å². The normalized spacial score (nSPS) is 13.9. The Morgan fingerprint density at radius 1 is 0.966 bits per heavy atom. The largest absolute Gasteiger partial charge is 0.362 e. The van der Waals surface area contributed by atoms with Gasteiger partial charge >= 0.3 is 0 Å². The van der Waals surface area contributed by atoms with E-state index in [2.05, 4.69) is 0 Å². The number of hydrogen-bond acceptors (Lipinski definition) is 5. The summed E-state index contributed by atoms with van der Waals surface area (Å²) in [6.45, 7) is 5.21. The summed E-state index contributed by atoms with van der Waals surface area (Å²) in [7, 11) is 0. The van der Waals surface area contributed by atoms with E-state index in [-0.39, 0.29) is 17.5 Å². The molecule has 150 valence electrons. The maximum absolute atomic E-state index is 13.2. The van der Waals surface area contributed by atoms with Crippen LogP contribution in [0.5, 0.6) is 0 Å². The van der Waals surface area contributed by atoms with Crippen molar-refractivity contribution in [3.63, 3.8) is 0 Å². The second kappa shape index (κ2) is 8.68. The third-order valence-corrected chi connectivity index (χ3v) is 4.87. The first kappa shape index (κ1) is 20.3. The lowest BCUT2D eigenvalue weighted by atomic mass is 10.0. The SMILES string of the molecule is CCCN1C(=O)C(c2ccc([N+](=O)[O-])cc2)=C(N(CC)Cc2ccccc2)C1=O. The minimum atomic E-state index is -0.488. The van der Waals surface area contributed by atoms with Gasteiger partial charge in [0.25, 0.3) is 17.5 Å². The molecule has 0 bridgehead atoms. The van der Waals surface area contributed by atoms with E-state index in [1.54, 1.807) is 0 Å². The van der Waals surface area contributed by atoms with Gasteiger partial charge in [0.15, 0.2) is 0 Å². The van der Waals surface area contributed by atoms with Gasteiger partial charge in [-0.25, -0.2) is 0 Å². The van der Waals surface area contributed by atoms with Crippen molar-refractivity contribution < 1.29 is 14.5 Å². The standard InChI is InChI=1S/C22H23N3O4/c1-3-14-24-21(26)19(17-10-12-18(13-11-17)25(28)29)20(22(24)27)23(4-2)15-16-8-6-5-7-9-16/h5-13H,3-4,14-15H2,1-2H3. The van der Waals surface area contributed by atoms with E-state index in [0.29, 0.717) is 42.9 Å². The molecule has 2 aromatic rings. The Kier molecular flexibility index (Phi) is 6.07. The molecule has 0 N–H and O–H groups in total. The average molecular weight is 393 g/mol. The van der Waals surface area contributed by atoms with Crippen LogP contribution in [-0.2, 0) is 16.1 Å². The van der Waals surface area contributed by atoms with E-state index in [1.165, 1.54) is 29.2 Å². The molecule has 7 nitrogen and oxygen atoms in total. The summed E-state index contributed by atoms with van der Waals surface area (Å²) in [6, 6.07) is 15.5. The Balaban J connectivity index is 2.08. The number of imide groups is 1. The number of carbonyl (C=O) groups excluding carboxylic acids is 2. The van der Waals surface area contributed by atoms with Gasteiger partial charge in [-0.3, -0.25) is 24.6 Å². The number of likely N-dealkylation sites (N-methyl/N-ethyl adjacent to an activating group) is 1. The quantitative estimate of drug-likeness (QED) is 0.389. The number of nitro groups is 1. The van der Waals surface area contributed by atoms with Gasteiger partial charge in [0, 0.05) is 31.8 Å². The van der Waals surface area contributed by atoms with Crippen molar-refractivity contribution in [1.29, 1.82) is 0 Å². The second-order valence-corrected chi connectivity index (χ2v) is 6.79. The number of nitro benzene ring substituents is 1. The Bertz CT molecular complexity index is 952. The van der Waals surface area contributed by atoms with E-state index in [4.69, 9.17) is 0 Å². The van der Waals surface area contributed by atoms with Crippen molar-refractivity contribution in [2.75, 3.05) is 13.1 Å². The zero-order chi connectivity index (χ0) is 21.0. The highest BCUT2D eigenvalue weighted by Crippen LogP contribution is 2.33. The lowest BCUT2D eigenvalue weighted by Crippen LogP contribution is -2.35. The molecule has 1 heterocycles. The summed E-state index contributed by atoms with van der Waals surface area (Å²) < 4.78 is 0. The molecule has 2 aromatic carbocycles. The van der Waals surface area contributed by atoms with Crippen LogP contribution in [0.2, 0.25) is 0 Å². The Morgan fingerprint density at radius 3 is 2.17 bits per heavy atom. The summed E-state index contributed by atoms with van der Waals surface area (Å²) in [5.74, 6) is -0.671. The fourth-order valence-corrected chi connectivity index (χ4v) is 3.45. The Morgan fingerprint density at radius 2 is 1.62 bits per heavy atom. The van der Waals surface area contributed by atoms with E-state index in [0.717, 1.165) is 5.56 Å². The van der Waals surface area contributed by atoms with Gasteiger partial charge in [-0.1, -0.05) is 37.3 Å². The third kappa shape index (κ3) is 4.03. The van der Waals surface area contributed by atoms with E-state index in [1.807, 2.05) is 49.1 Å². The molecule has 2 amide bonds. The van der Waals surface area contributed by atoms with E-state index < -0.39 is 4.92 Å². The number of rotatable bonds is 8. The van der Waals surface area contributed by atoms with Crippen LogP contribution < -0.4 is 0 Å². The third-order valence-electron chi connectivity index (χ3n) is 4.87. The highest BCUT2D eigenvalue weighted by molar-refractivity contribution is 6.35. The minimum absolute atomic E-state index is 0.0604. The molecular weight excluding hydrogens is 370 g/mol. The lowest BCUT2D eigenvalue weighted by Gasteiger charge is -2.25. The van der Waals surface area contributed by atoms with Crippen LogP contribution in [0.4, 0.5) is 5.69 Å². The van der Waals surface area contributed by atoms with Crippen LogP contribution in [0, 0.1) is 10.1 Å². The molecule has 29 heavy (non-hydrogen) atoms. The highest BCUT2D eigenvalue weighted by atomic mass is 16.6. The van der Waals surface area contributed by atoms with Gasteiger partial charge in [-0.05, 0) is 36.6 Å². The van der Waals surface area contributed by atoms with Gasteiger partial charge < -0.3 is 4.90 Å². The summed E-state index contributed by atoms with van der Waals surface area (Å²) >= 11 is 0. The molecule has 0 aromatic heterocycles. The molecule has 0 saturated carbocycles. The number of hydrogen-bond donors (Lipinski definition) is 0. The fraction of sp³-hybridized carbons (Fsp3) is 0.273. The number of non-ortho nitro benzene ring substituents is 1. The Hall–Kier alpha value is -3.48. The molecule has 7 heteroatoms. The molecule has 1 aliphatic rings. The first-order valence-corrected chi connectivity index (χ1v) is 9.62. The lowest BCUT2D eigenvalue weighted by molar-refractivity contribution is -0.384. The molecule has 3 rings (SSSR count). The van der Waals surface area contributed by atoms with Crippen LogP contribution in [0.15, 0.2) is 60.3 Å². The van der Waals surface area contributed by atoms with Crippen molar-refractivity contribution >= 4 is 23.1 Å². The zero-order valence-electron chi connectivity index (χ0n) is 16.5. The molecule has 0 saturated heterocycles. The number of nitrogens with zero attached hydrogens (tertiary/aromatic N) is 3. The van der Waals surface area contributed by atoms with Crippen LogP contribution >= 0.6 is 0 Å². The van der Waals surface area contributed by atoms with Gasteiger partial charge in [0.1, 0.15) is 5.70 Å². The topological polar surface area (TPSA) is 83.8 Å². The molecule has 1 aliphatic heterocycles. The van der Waals surface area contributed by atoms with Crippen LogP contribution in [0.25, 0.3) is 5.57 Å². The maximum atomic E-state index is 13.2. The van der Waals surface area contributed by atoms with Crippen LogP contribution in [-0.4, -0.2) is 39.6 Å². The van der Waals surface area contributed by atoms with Crippen molar-refractivity contribution in [2.24, 2.45) is 0 Å². The van der Waals surface area contributed by atoms with Crippen molar-refractivity contribution in [3.8, 4) is 0 Å². The van der Waals surface area contributed by atoms with Gasteiger partial charge in [0.2, 0.25) is 0 Å². The first-order chi connectivity index (χ1) is 14.0. The summed E-state index contributed by atoms with van der Waals surface area (Å²) in [4.78, 5) is 39.9. The van der Waals surface area contributed by atoms with E-state index >= 15 is 0 Å². The highest BCUT2D eigenvalue weighted by Gasteiger charge is 2.40. The van der Waals surface area contributed by atoms with Crippen LogP contribution in [0.1, 0.15) is 31.4 Å². The summed E-state index contributed by atoms with van der Waals surface area (Å²) in [5, 5.41) is 11.0. The first-order valence-electron chi connectivity index (χ1n) is 9.62. The molecule has 0 unspecified atom stereocenters. The van der Waals surface area contributed by atoms with Gasteiger partial charge in [-0.15, -0.1) is 0 Å². The smallest absolute Gasteiger partial charge is 0.277 e. The monoisotopic (exact) mass is 393 g/mol. The predicted molar refractivity (Wildman–Crippen MR) is 110 cm³/mol.